The second kappa shape index (κ2) is 6.85. The SMILES string of the molecule is CC(C)n1c(SCc2nc(N)nc(N)n2)nc2cc(Cl)ccc2c1=O. The van der Waals surface area contributed by atoms with Crippen LogP contribution < -0.4 is 17.0 Å². The molecule has 0 saturated carbocycles. The Bertz CT molecular complexity index is 985. The fourth-order valence-electron chi connectivity index (χ4n) is 2.36. The van der Waals surface area contributed by atoms with Crippen molar-refractivity contribution in [3.63, 3.8) is 0 Å². The summed E-state index contributed by atoms with van der Waals surface area (Å²) >= 11 is 7.35. The molecule has 0 aliphatic heterocycles. The van der Waals surface area contributed by atoms with E-state index < -0.39 is 0 Å². The zero-order valence-electron chi connectivity index (χ0n) is 13.6. The summed E-state index contributed by atoms with van der Waals surface area (Å²) in [7, 11) is 0. The summed E-state index contributed by atoms with van der Waals surface area (Å²) < 4.78 is 1.63. The number of benzene rings is 1. The molecule has 0 spiro atoms. The van der Waals surface area contributed by atoms with E-state index in [-0.39, 0.29) is 23.5 Å². The molecule has 4 N–H and O–H groups in total. The molecule has 10 heteroatoms. The highest BCUT2D eigenvalue weighted by molar-refractivity contribution is 7.98. The highest BCUT2D eigenvalue weighted by atomic mass is 35.5. The monoisotopic (exact) mass is 377 g/mol. The number of nitrogens with zero attached hydrogens (tertiary/aromatic N) is 5. The summed E-state index contributed by atoms with van der Waals surface area (Å²) in [5.74, 6) is 0.887. The van der Waals surface area contributed by atoms with Gasteiger partial charge in [0.25, 0.3) is 5.56 Å². The maximum absolute atomic E-state index is 12.8. The average molecular weight is 378 g/mol. The highest BCUT2D eigenvalue weighted by Crippen LogP contribution is 2.24. The van der Waals surface area contributed by atoms with Crippen LogP contribution in [0.4, 0.5) is 11.9 Å². The van der Waals surface area contributed by atoms with Gasteiger partial charge < -0.3 is 11.5 Å². The number of thioether (sulfide) groups is 1. The van der Waals surface area contributed by atoms with Crippen molar-refractivity contribution < 1.29 is 0 Å². The summed E-state index contributed by atoms with van der Waals surface area (Å²) in [6, 6.07) is 4.98. The molecule has 0 aliphatic carbocycles. The van der Waals surface area contributed by atoms with E-state index in [0.717, 1.165) is 0 Å². The van der Waals surface area contributed by atoms with Crippen LogP contribution in [0.2, 0.25) is 5.02 Å². The molecular weight excluding hydrogens is 362 g/mol. The molecule has 1 aromatic carbocycles. The number of halogens is 1. The number of fused-ring (bicyclic) bond motifs is 1. The average Bonchev–Trinajstić information content (AvgIpc) is 2.51. The molecule has 130 valence electrons. The maximum atomic E-state index is 12.8. The van der Waals surface area contributed by atoms with Gasteiger partial charge in [0, 0.05) is 11.1 Å². The van der Waals surface area contributed by atoms with Crippen LogP contribution in [-0.4, -0.2) is 24.5 Å². The van der Waals surface area contributed by atoms with Gasteiger partial charge in [-0.3, -0.25) is 9.36 Å². The smallest absolute Gasteiger partial charge is 0.262 e. The molecule has 0 unspecified atom stereocenters. The number of aromatic nitrogens is 5. The van der Waals surface area contributed by atoms with E-state index in [9.17, 15) is 4.79 Å². The lowest BCUT2D eigenvalue weighted by molar-refractivity contribution is 0.519. The molecule has 0 radical (unpaired) electrons. The van der Waals surface area contributed by atoms with Gasteiger partial charge in [-0.05, 0) is 32.0 Å². The molecule has 0 fully saturated rings. The zero-order chi connectivity index (χ0) is 18.1. The fourth-order valence-corrected chi connectivity index (χ4v) is 3.51. The minimum atomic E-state index is -0.117. The lowest BCUT2D eigenvalue weighted by Gasteiger charge is -2.16. The molecule has 0 amide bonds. The van der Waals surface area contributed by atoms with Crippen LogP contribution in [0.5, 0.6) is 0 Å². The first-order valence-electron chi connectivity index (χ1n) is 7.45. The Labute approximate surface area is 152 Å². The second-order valence-corrected chi connectivity index (χ2v) is 6.96. The standard InChI is InChI=1S/C15H16ClN7OS/c1-7(2)23-12(24)9-4-3-8(16)5-10(9)19-15(23)25-6-11-20-13(17)22-14(18)21-11/h3-5,7H,6H2,1-2H3,(H4,17,18,20,21,22). The zero-order valence-corrected chi connectivity index (χ0v) is 15.2. The number of hydrogen-bond donors (Lipinski definition) is 2. The van der Waals surface area contributed by atoms with Gasteiger partial charge in [0.1, 0.15) is 5.82 Å². The van der Waals surface area contributed by atoms with Gasteiger partial charge in [-0.1, -0.05) is 23.4 Å². The van der Waals surface area contributed by atoms with Crippen molar-refractivity contribution in [2.75, 3.05) is 11.5 Å². The number of rotatable bonds is 4. The number of hydrogen-bond acceptors (Lipinski definition) is 8. The molecule has 8 nitrogen and oxygen atoms in total. The van der Waals surface area contributed by atoms with E-state index in [2.05, 4.69) is 19.9 Å². The summed E-state index contributed by atoms with van der Waals surface area (Å²) in [6.07, 6.45) is 0. The number of nitrogens with two attached hydrogens (primary N) is 2. The molecule has 0 bridgehead atoms. The first kappa shape index (κ1) is 17.4. The predicted octanol–water partition coefficient (Wildman–Crippen LogP) is 2.27. The van der Waals surface area contributed by atoms with Crippen LogP contribution >= 0.6 is 23.4 Å². The van der Waals surface area contributed by atoms with Crippen molar-refractivity contribution in [2.45, 2.75) is 30.8 Å². The fraction of sp³-hybridized carbons (Fsp3) is 0.267. The lowest BCUT2D eigenvalue weighted by Crippen LogP contribution is -2.25. The molecule has 0 saturated heterocycles. The van der Waals surface area contributed by atoms with Crippen LogP contribution in [0.15, 0.2) is 28.2 Å². The first-order valence-corrected chi connectivity index (χ1v) is 8.82. The van der Waals surface area contributed by atoms with Gasteiger partial charge >= 0.3 is 0 Å². The summed E-state index contributed by atoms with van der Waals surface area (Å²) in [5, 5.41) is 1.60. The Kier molecular flexibility index (Phi) is 4.78. The second-order valence-electron chi connectivity index (χ2n) is 5.58. The highest BCUT2D eigenvalue weighted by Gasteiger charge is 2.15. The van der Waals surface area contributed by atoms with Gasteiger partial charge in [0.05, 0.1) is 16.7 Å². The van der Waals surface area contributed by atoms with Gasteiger partial charge in [-0.2, -0.15) is 15.0 Å². The quantitative estimate of drug-likeness (QED) is 0.523. The Hall–Kier alpha value is -2.39. The van der Waals surface area contributed by atoms with Gasteiger partial charge in [0.15, 0.2) is 5.16 Å². The van der Waals surface area contributed by atoms with Gasteiger partial charge in [0.2, 0.25) is 11.9 Å². The third kappa shape index (κ3) is 3.67. The Morgan fingerprint density at radius 3 is 2.48 bits per heavy atom. The summed E-state index contributed by atoms with van der Waals surface area (Å²) in [4.78, 5) is 29.2. The number of nitrogen functional groups attached to an aromatic ring is 2. The molecule has 2 heterocycles. The molecule has 3 rings (SSSR count). The van der Waals surface area contributed by atoms with E-state index >= 15 is 0 Å². The van der Waals surface area contributed by atoms with E-state index in [1.165, 1.54) is 11.8 Å². The Morgan fingerprint density at radius 2 is 1.84 bits per heavy atom. The molecule has 25 heavy (non-hydrogen) atoms. The van der Waals surface area contributed by atoms with Crippen LogP contribution in [0.1, 0.15) is 25.7 Å². The van der Waals surface area contributed by atoms with Crippen molar-refractivity contribution in [3.8, 4) is 0 Å². The van der Waals surface area contributed by atoms with Crippen molar-refractivity contribution >= 4 is 46.2 Å². The molecule has 2 aromatic heterocycles. The van der Waals surface area contributed by atoms with Crippen molar-refractivity contribution in [3.05, 3.63) is 39.4 Å². The summed E-state index contributed by atoms with van der Waals surface area (Å²) in [5.41, 5.74) is 11.6. The third-order valence-corrected chi connectivity index (χ3v) is 4.58. The lowest BCUT2D eigenvalue weighted by atomic mass is 10.2. The largest absolute Gasteiger partial charge is 0.368 e. The molecule has 3 aromatic rings. The Morgan fingerprint density at radius 1 is 1.16 bits per heavy atom. The van der Waals surface area contributed by atoms with Gasteiger partial charge in [-0.15, -0.1) is 0 Å². The maximum Gasteiger partial charge on any atom is 0.262 e. The van der Waals surface area contributed by atoms with Crippen LogP contribution in [-0.2, 0) is 5.75 Å². The Balaban J connectivity index is 2.04. The van der Waals surface area contributed by atoms with E-state index in [4.69, 9.17) is 23.1 Å². The minimum absolute atomic E-state index is 0.0580. The minimum Gasteiger partial charge on any atom is -0.368 e. The normalized spacial score (nSPS) is 11.4. The van der Waals surface area contributed by atoms with Crippen LogP contribution in [0, 0.1) is 0 Å². The third-order valence-electron chi connectivity index (χ3n) is 3.39. The molecular formula is C15H16ClN7OS. The summed E-state index contributed by atoms with van der Waals surface area (Å²) in [6.45, 7) is 3.85. The van der Waals surface area contributed by atoms with Gasteiger partial charge in [-0.25, -0.2) is 4.98 Å². The molecule has 0 atom stereocenters. The van der Waals surface area contributed by atoms with Crippen molar-refractivity contribution in [1.82, 2.24) is 24.5 Å². The van der Waals surface area contributed by atoms with Crippen LogP contribution in [0.25, 0.3) is 10.9 Å². The molecule has 0 aliphatic rings. The number of anilines is 2. The van der Waals surface area contributed by atoms with Crippen molar-refractivity contribution in [1.29, 1.82) is 0 Å². The predicted molar refractivity (Wildman–Crippen MR) is 99.6 cm³/mol. The van der Waals surface area contributed by atoms with E-state index in [0.29, 0.717) is 32.7 Å². The van der Waals surface area contributed by atoms with Crippen LogP contribution in [0.3, 0.4) is 0 Å². The van der Waals surface area contributed by atoms with E-state index in [1.807, 2.05) is 13.8 Å². The van der Waals surface area contributed by atoms with E-state index in [1.54, 1.807) is 22.8 Å². The first-order chi connectivity index (χ1) is 11.8. The topological polar surface area (TPSA) is 126 Å². The van der Waals surface area contributed by atoms with Crippen molar-refractivity contribution in [2.24, 2.45) is 0 Å².